The van der Waals surface area contributed by atoms with Gasteiger partial charge in [-0.2, -0.15) is 5.10 Å². The number of aromatic nitrogens is 2. The molecule has 0 saturated heterocycles. The van der Waals surface area contributed by atoms with Gasteiger partial charge in [-0.15, -0.1) is 0 Å². The molecule has 0 radical (unpaired) electrons. The molecule has 0 bridgehead atoms. The quantitative estimate of drug-likeness (QED) is 0.529. The second-order valence-corrected chi connectivity index (χ2v) is 9.44. The maximum absolute atomic E-state index is 12.3. The number of benzene rings is 2. The van der Waals surface area contributed by atoms with E-state index >= 15 is 0 Å². The molecule has 0 atom stereocenters. The average molecular weight is 492 g/mol. The van der Waals surface area contributed by atoms with E-state index in [-0.39, 0.29) is 10.5 Å². The molecule has 0 unspecified atom stereocenters. The van der Waals surface area contributed by atoms with Crippen LogP contribution in [0.3, 0.4) is 0 Å². The number of hydrazine groups is 1. The Kier molecular flexibility index (Phi) is 6.34. The summed E-state index contributed by atoms with van der Waals surface area (Å²) in [4.78, 5) is 24.6. The normalized spacial score (nSPS) is 11.3. The second kappa shape index (κ2) is 8.78. The van der Waals surface area contributed by atoms with Crippen LogP contribution in [0.4, 0.5) is 0 Å². The van der Waals surface area contributed by atoms with Crippen LogP contribution < -0.4 is 10.9 Å². The third-order valence-electron chi connectivity index (χ3n) is 4.11. The number of halogens is 1. The highest BCUT2D eigenvalue weighted by Gasteiger charge is 2.19. The van der Waals surface area contributed by atoms with Crippen molar-refractivity contribution >= 4 is 37.8 Å². The third-order valence-corrected chi connectivity index (χ3v) is 6.33. The average Bonchev–Trinajstić information content (AvgIpc) is 3.18. The molecule has 9 nitrogen and oxygen atoms in total. The highest BCUT2D eigenvalue weighted by atomic mass is 79.9. The SMILES string of the molecule is CN(C)S(=O)(=O)c1cccc(C(=O)NNC(=O)c2ccc(-n3cc(Br)cn3)cc2)c1. The summed E-state index contributed by atoms with van der Waals surface area (Å²) < 4.78 is 27.9. The van der Waals surface area contributed by atoms with Gasteiger partial charge in [-0.05, 0) is 58.4 Å². The standard InChI is InChI=1S/C19H18BrN5O4S/c1-24(2)30(28,29)17-5-3-4-14(10-17)19(27)23-22-18(26)13-6-8-16(9-7-13)25-12-15(20)11-21-25/h3-12H,1-2H3,(H,22,26)(H,23,27). The van der Waals surface area contributed by atoms with Crippen molar-refractivity contribution in [3.05, 3.63) is 76.5 Å². The van der Waals surface area contributed by atoms with Gasteiger partial charge in [-0.1, -0.05) is 6.07 Å². The minimum atomic E-state index is -3.68. The maximum Gasteiger partial charge on any atom is 0.269 e. The highest BCUT2D eigenvalue weighted by molar-refractivity contribution is 9.10. The molecule has 3 aromatic rings. The molecule has 1 heterocycles. The smallest absolute Gasteiger partial charge is 0.267 e. The number of nitrogens with zero attached hydrogens (tertiary/aromatic N) is 3. The van der Waals surface area contributed by atoms with E-state index in [2.05, 4.69) is 31.9 Å². The van der Waals surface area contributed by atoms with Gasteiger partial charge in [0.05, 0.1) is 21.3 Å². The van der Waals surface area contributed by atoms with E-state index in [4.69, 9.17) is 0 Å². The monoisotopic (exact) mass is 491 g/mol. The lowest BCUT2D eigenvalue weighted by Gasteiger charge is -2.12. The van der Waals surface area contributed by atoms with Gasteiger partial charge in [-0.25, -0.2) is 17.4 Å². The Morgan fingerprint density at radius 1 is 1.00 bits per heavy atom. The van der Waals surface area contributed by atoms with Crippen molar-refractivity contribution in [3.63, 3.8) is 0 Å². The van der Waals surface area contributed by atoms with Crippen LogP contribution in [-0.2, 0) is 10.0 Å². The molecular formula is C19H18BrN5O4S. The number of carbonyl (C=O) groups excluding carboxylic acids is 2. The number of nitrogens with one attached hydrogen (secondary N) is 2. The van der Waals surface area contributed by atoms with Gasteiger partial charge in [-0.3, -0.25) is 20.4 Å². The van der Waals surface area contributed by atoms with Gasteiger partial charge in [0.2, 0.25) is 10.0 Å². The largest absolute Gasteiger partial charge is 0.269 e. The Balaban J connectivity index is 1.65. The fraction of sp³-hybridized carbons (Fsp3) is 0.105. The number of sulfonamides is 1. The Hall–Kier alpha value is -3.02. The molecule has 1 aromatic heterocycles. The van der Waals surface area contributed by atoms with Crippen molar-refractivity contribution in [3.8, 4) is 5.69 Å². The van der Waals surface area contributed by atoms with Crippen LogP contribution in [0.5, 0.6) is 0 Å². The molecule has 0 fully saturated rings. The summed E-state index contributed by atoms with van der Waals surface area (Å²) in [6, 6.07) is 12.2. The lowest BCUT2D eigenvalue weighted by Crippen LogP contribution is -2.41. The van der Waals surface area contributed by atoms with Crippen LogP contribution in [0.1, 0.15) is 20.7 Å². The Bertz CT molecular complexity index is 1190. The van der Waals surface area contributed by atoms with E-state index < -0.39 is 21.8 Å². The molecule has 30 heavy (non-hydrogen) atoms. The minimum absolute atomic E-state index is 0.0210. The first kappa shape index (κ1) is 21.7. The summed E-state index contributed by atoms with van der Waals surface area (Å²) in [6.07, 6.45) is 3.43. The number of carbonyl (C=O) groups is 2. The maximum atomic E-state index is 12.3. The first-order valence-corrected chi connectivity index (χ1v) is 10.9. The molecule has 0 saturated carbocycles. The number of hydrogen-bond acceptors (Lipinski definition) is 5. The summed E-state index contributed by atoms with van der Waals surface area (Å²) in [5, 5.41) is 4.16. The van der Waals surface area contributed by atoms with Crippen LogP contribution in [0.2, 0.25) is 0 Å². The molecule has 0 spiro atoms. The van der Waals surface area contributed by atoms with Crippen molar-refractivity contribution in [1.29, 1.82) is 0 Å². The van der Waals surface area contributed by atoms with E-state index in [1.165, 1.54) is 38.4 Å². The Morgan fingerprint density at radius 2 is 1.63 bits per heavy atom. The molecule has 2 aromatic carbocycles. The van der Waals surface area contributed by atoms with E-state index in [1.807, 2.05) is 0 Å². The molecular weight excluding hydrogens is 474 g/mol. The molecule has 0 aliphatic heterocycles. The molecule has 2 N–H and O–H groups in total. The first-order valence-electron chi connectivity index (χ1n) is 8.62. The molecule has 3 rings (SSSR count). The van der Waals surface area contributed by atoms with Gasteiger partial charge >= 0.3 is 0 Å². The molecule has 11 heteroatoms. The summed E-state index contributed by atoms with van der Waals surface area (Å²) in [5.41, 5.74) is 5.78. The van der Waals surface area contributed by atoms with Crippen LogP contribution >= 0.6 is 15.9 Å². The fourth-order valence-corrected chi connectivity index (χ4v) is 3.71. The van der Waals surface area contributed by atoms with Crippen molar-refractivity contribution in [1.82, 2.24) is 24.9 Å². The molecule has 0 aliphatic carbocycles. The van der Waals surface area contributed by atoms with Gasteiger partial charge in [0.1, 0.15) is 0 Å². The van der Waals surface area contributed by atoms with Crippen LogP contribution in [0.25, 0.3) is 5.69 Å². The number of hydrogen-bond donors (Lipinski definition) is 2. The topological polar surface area (TPSA) is 113 Å². The van der Waals surface area contributed by atoms with Gasteiger partial charge < -0.3 is 0 Å². The summed E-state index contributed by atoms with van der Waals surface area (Å²) in [6.45, 7) is 0. The number of rotatable bonds is 5. The van der Waals surface area contributed by atoms with Gasteiger partial charge in [0.25, 0.3) is 11.8 Å². The van der Waals surface area contributed by atoms with E-state index in [9.17, 15) is 18.0 Å². The summed E-state index contributed by atoms with van der Waals surface area (Å²) >= 11 is 3.32. The van der Waals surface area contributed by atoms with E-state index in [0.717, 1.165) is 14.5 Å². The number of amides is 2. The summed E-state index contributed by atoms with van der Waals surface area (Å²) in [7, 11) is -0.874. The zero-order valence-electron chi connectivity index (χ0n) is 16.0. The van der Waals surface area contributed by atoms with Gasteiger partial charge in [0, 0.05) is 31.4 Å². The van der Waals surface area contributed by atoms with Crippen molar-refractivity contribution in [2.45, 2.75) is 4.90 Å². The predicted octanol–water partition coefficient (Wildman–Crippen LogP) is 1.96. The van der Waals surface area contributed by atoms with Crippen LogP contribution in [0.15, 0.2) is 70.3 Å². The van der Waals surface area contributed by atoms with E-state index in [1.54, 1.807) is 41.3 Å². The van der Waals surface area contributed by atoms with Crippen molar-refractivity contribution in [2.75, 3.05) is 14.1 Å². The van der Waals surface area contributed by atoms with Crippen molar-refractivity contribution in [2.24, 2.45) is 0 Å². The summed E-state index contributed by atoms with van der Waals surface area (Å²) in [5.74, 6) is -1.16. The third kappa shape index (κ3) is 4.75. The Labute approximate surface area is 181 Å². The van der Waals surface area contributed by atoms with Crippen LogP contribution in [-0.4, -0.2) is 48.4 Å². The highest BCUT2D eigenvalue weighted by Crippen LogP contribution is 2.15. The molecule has 156 valence electrons. The molecule has 0 aliphatic rings. The Morgan fingerprint density at radius 3 is 2.20 bits per heavy atom. The first-order chi connectivity index (χ1) is 14.2. The molecule has 2 amide bonds. The minimum Gasteiger partial charge on any atom is -0.267 e. The van der Waals surface area contributed by atoms with Crippen LogP contribution in [0, 0.1) is 0 Å². The zero-order valence-corrected chi connectivity index (χ0v) is 18.4. The lowest BCUT2D eigenvalue weighted by molar-refractivity contribution is 0.0846. The van der Waals surface area contributed by atoms with Gasteiger partial charge in [0.15, 0.2) is 0 Å². The van der Waals surface area contributed by atoms with Crippen molar-refractivity contribution < 1.29 is 18.0 Å². The van der Waals surface area contributed by atoms with E-state index in [0.29, 0.717) is 5.56 Å². The fourth-order valence-electron chi connectivity index (χ4n) is 2.47. The lowest BCUT2D eigenvalue weighted by atomic mass is 10.2. The predicted molar refractivity (Wildman–Crippen MR) is 114 cm³/mol. The zero-order chi connectivity index (χ0) is 21.9. The second-order valence-electron chi connectivity index (χ2n) is 6.37.